The van der Waals surface area contributed by atoms with Crippen molar-refractivity contribution in [2.75, 3.05) is 37.0 Å². The highest BCUT2D eigenvalue weighted by molar-refractivity contribution is 5.53. The molecule has 0 aliphatic rings. The van der Waals surface area contributed by atoms with Gasteiger partial charge in [-0.05, 0) is 78.0 Å². The van der Waals surface area contributed by atoms with Gasteiger partial charge in [-0.2, -0.15) is 0 Å². The molecule has 0 aliphatic carbocycles. The summed E-state index contributed by atoms with van der Waals surface area (Å²) in [7, 11) is 11.8. The van der Waals surface area contributed by atoms with Crippen LogP contribution >= 0.6 is 0 Å². The summed E-state index contributed by atoms with van der Waals surface area (Å²) in [5.41, 5.74) is 3.98. The molecular weight excluding hydrogens is 492 g/mol. The number of aromatic nitrogens is 6. The topological polar surface area (TPSA) is 99.3 Å². The van der Waals surface area contributed by atoms with Gasteiger partial charge < -0.3 is 9.80 Å². The zero-order chi connectivity index (χ0) is 27.8. The summed E-state index contributed by atoms with van der Waals surface area (Å²) in [5, 5.41) is 25.6. The standard InChI is InChI=1S/C27H38N12/c1-34(24-14-10-22(11-15-24)30-32-26-36(3)20-28-38(26)5)18-8-7-9-19-35(2)25-16-12-23(13-17-25)31-33-27-37(4)21-29-39(27)6/h10-17,20-21H,7-9,18-19H2,1-6H3/q+2. The molecule has 0 atom stereocenters. The first-order valence-corrected chi connectivity index (χ1v) is 13.0. The van der Waals surface area contributed by atoms with Crippen molar-refractivity contribution in [1.82, 2.24) is 19.6 Å². The van der Waals surface area contributed by atoms with Crippen LogP contribution in [-0.2, 0) is 28.2 Å². The van der Waals surface area contributed by atoms with Crippen molar-refractivity contribution < 1.29 is 9.13 Å². The van der Waals surface area contributed by atoms with E-state index in [0.29, 0.717) is 11.9 Å². The van der Waals surface area contributed by atoms with Crippen molar-refractivity contribution >= 4 is 34.6 Å². The number of azo groups is 2. The Kier molecular flexibility index (Phi) is 9.08. The lowest BCUT2D eigenvalue weighted by Gasteiger charge is -2.21. The minimum Gasteiger partial charge on any atom is -0.375 e. The van der Waals surface area contributed by atoms with Crippen molar-refractivity contribution in [2.45, 2.75) is 19.3 Å². The van der Waals surface area contributed by atoms with E-state index in [1.54, 1.807) is 22.0 Å². The number of hydrogen-bond acceptors (Lipinski definition) is 8. The largest absolute Gasteiger partial charge is 0.403 e. The van der Waals surface area contributed by atoms with E-state index in [2.05, 4.69) is 78.8 Å². The van der Waals surface area contributed by atoms with Crippen LogP contribution in [0.5, 0.6) is 0 Å². The van der Waals surface area contributed by atoms with E-state index in [4.69, 9.17) is 0 Å². The molecule has 4 aromatic rings. The maximum atomic E-state index is 4.34. The maximum Gasteiger partial charge on any atom is 0.403 e. The van der Waals surface area contributed by atoms with Crippen LogP contribution in [0.2, 0.25) is 0 Å². The van der Waals surface area contributed by atoms with Crippen molar-refractivity contribution in [3.8, 4) is 0 Å². The van der Waals surface area contributed by atoms with Crippen molar-refractivity contribution in [1.29, 1.82) is 0 Å². The molecule has 12 heteroatoms. The molecule has 0 saturated carbocycles. The molecule has 2 heterocycles. The van der Waals surface area contributed by atoms with Crippen molar-refractivity contribution in [2.24, 2.45) is 48.6 Å². The first-order chi connectivity index (χ1) is 18.8. The molecule has 0 bridgehead atoms. The van der Waals surface area contributed by atoms with Gasteiger partial charge in [0.05, 0.1) is 39.6 Å². The molecule has 0 fully saturated rings. The van der Waals surface area contributed by atoms with Gasteiger partial charge in [-0.1, -0.05) is 10.2 Å². The van der Waals surface area contributed by atoms with E-state index in [-0.39, 0.29) is 0 Å². The molecule has 39 heavy (non-hydrogen) atoms. The van der Waals surface area contributed by atoms with Gasteiger partial charge in [-0.25, -0.2) is 9.13 Å². The third kappa shape index (κ3) is 7.30. The summed E-state index contributed by atoms with van der Waals surface area (Å²) < 4.78 is 7.05. The van der Waals surface area contributed by atoms with E-state index >= 15 is 0 Å². The predicted octanol–water partition coefficient (Wildman–Crippen LogP) is 4.38. The van der Waals surface area contributed by atoms with E-state index in [1.165, 1.54) is 11.4 Å². The maximum absolute atomic E-state index is 4.34. The monoisotopic (exact) mass is 530 g/mol. The van der Waals surface area contributed by atoms with Crippen LogP contribution in [0.1, 0.15) is 19.3 Å². The Hall–Kier alpha value is -4.48. The van der Waals surface area contributed by atoms with Gasteiger partial charge in [-0.15, -0.1) is 9.36 Å². The molecule has 0 radical (unpaired) electrons. The lowest BCUT2D eigenvalue weighted by molar-refractivity contribution is -0.659. The molecule has 4 rings (SSSR count). The molecule has 12 nitrogen and oxygen atoms in total. The second-order valence-corrected chi connectivity index (χ2v) is 9.67. The SMILES string of the molecule is CN(CCCCCN(C)c1ccc(N=Nc2n(C)nc[n+]2C)cc1)c1ccc(N=Nc2n(C)nc[n+]2C)cc1. The number of aryl methyl sites for hydroxylation is 4. The van der Waals surface area contributed by atoms with Crippen LogP contribution in [0.3, 0.4) is 0 Å². The number of hydrogen-bond donors (Lipinski definition) is 0. The van der Waals surface area contributed by atoms with Gasteiger partial charge >= 0.3 is 11.9 Å². The van der Waals surface area contributed by atoms with Crippen LogP contribution in [0.25, 0.3) is 0 Å². The fourth-order valence-corrected chi connectivity index (χ4v) is 4.13. The summed E-state index contributed by atoms with van der Waals surface area (Å²) in [4.78, 5) is 4.56. The Balaban J connectivity index is 1.17. The third-order valence-corrected chi connectivity index (χ3v) is 6.58. The van der Waals surface area contributed by atoms with Crippen molar-refractivity contribution in [3.05, 3.63) is 61.2 Å². The fraction of sp³-hybridized carbons (Fsp3) is 0.407. The quantitative estimate of drug-likeness (QED) is 0.154. The lowest BCUT2D eigenvalue weighted by atomic mass is 10.2. The van der Waals surface area contributed by atoms with Gasteiger partial charge in [0, 0.05) is 48.8 Å². The number of nitrogens with zero attached hydrogens (tertiary/aromatic N) is 12. The highest BCUT2D eigenvalue weighted by atomic mass is 15.4. The molecule has 2 aromatic carbocycles. The van der Waals surface area contributed by atoms with Gasteiger partial charge in [0.1, 0.15) is 0 Å². The Morgan fingerprint density at radius 3 is 1.33 bits per heavy atom. The van der Waals surface area contributed by atoms with Crippen LogP contribution in [0, 0.1) is 0 Å². The van der Waals surface area contributed by atoms with Crippen molar-refractivity contribution in [3.63, 3.8) is 0 Å². The zero-order valence-electron chi connectivity index (χ0n) is 23.7. The second kappa shape index (κ2) is 12.9. The Morgan fingerprint density at radius 1 is 0.615 bits per heavy atom. The molecular formula is C27H38N12+2. The highest BCUT2D eigenvalue weighted by Crippen LogP contribution is 2.22. The van der Waals surface area contributed by atoms with E-state index < -0.39 is 0 Å². The van der Waals surface area contributed by atoms with Gasteiger partial charge in [0.15, 0.2) is 0 Å². The predicted molar refractivity (Wildman–Crippen MR) is 150 cm³/mol. The average Bonchev–Trinajstić information content (AvgIpc) is 3.44. The van der Waals surface area contributed by atoms with Crippen LogP contribution in [0.15, 0.2) is 81.6 Å². The van der Waals surface area contributed by atoms with Crippen LogP contribution in [-0.4, -0.2) is 46.7 Å². The average molecular weight is 531 g/mol. The molecule has 0 unspecified atom stereocenters. The number of rotatable bonds is 12. The highest BCUT2D eigenvalue weighted by Gasteiger charge is 2.12. The Bertz CT molecular complexity index is 1250. The normalized spacial score (nSPS) is 11.6. The molecule has 2 aromatic heterocycles. The number of benzene rings is 2. The summed E-state index contributed by atoms with van der Waals surface area (Å²) >= 11 is 0. The summed E-state index contributed by atoms with van der Waals surface area (Å²) in [6.07, 6.45) is 6.85. The minimum absolute atomic E-state index is 0.691. The first-order valence-electron chi connectivity index (χ1n) is 13.0. The summed E-state index contributed by atoms with van der Waals surface area (Å²) in [6, 6.07) is 16.3. The first kappa shape index (κ1) is 27.6. The number of unbranched alkanes of at least 4 members (excludes halogenated alkanes) is 2. The molecule has 0 N–H and O–H groups in total. The van der Waals surface area contributed by atoms with Crippen LogP contribution in [0.4, 0.5) is 34.6 Å². The summed E-state index contributed by atoms with van der Waals surface area (Å²) in [5.74, 6) is 1.38. The smallest absolute Gasteiger partial charge is 0.375 e. The lowest BCUT2D eigenvalue weighted by Crippen LogP contribution is -2.25. The van der Waals surface area contributed by atoms with Gasteiger partial charge in [0.2, 0.25) is 12.7 Å². The van der Waals surface area contributed by atoms with Crippen LogP contribution < -0.4 is 18.9 Å². The molecule has 0 spiro atoms. The molecule has 0 saturated heterocycles. The fourth-order valence-electron chi connectivity index (χ4n) is 4.13. The molecule has 0 aliphatic heterocycles. The van der Waals surface area contributed by atoms with Gasteiger partial charge in [0.25, 0.3) is 0 Å². The molecule has 204 valence electrons. The number of anilines is 2. The van der Waals surface area contributed by atoms with E-state index in [0.717, 1.165) is 43.7 Å². The van der Waals surface area contributed by atoms with E-state index in [9.17, 15) is 0 Å². The second-order valence-electron chi connectivity index (χ2n) is 9.67. The Morgan fingerprint density at radius 2 is 1.00 bits per heavy atom. The van der Waals surface area contributed by atoms with E-state index in [1.807, 2.05) is 61.6 Å². The minimum atomic E-state index is 0.691. The third-order valence-electron chi connectivity index (χ3n) is 6.58. The zero-order valence-corrected chi connectivity index (χ0v) is 23.7. The van der Waals surface area contributed by atoms with Gasteiger partial charge in [-0.3, -0.25) is 0 Å². The Labute approximate surface area is 229 Å². The summed E-state index contributed by atoms with van der Waals surface area (Å²) in [6.45, 7) is 2.01. The molecule has 0 amide bonds.